The van der Waals surface area contributed by atoms with E-state index in [1.165, 1.54) is 43.9 Å². The summed E-state index contributed by atoms with van der Waals surface area (Å²) in [7, 11) is 0. The summed E-state index contributed by atoms with van der Waals surface area (Å²) in [6, 6.07) is 3.80. The number of pyridine rings is 1. The van der Waals surface area contributed by atoms with Gasteiger partial charge in [0.25, 0.3) is 0 Å². The van der Waals surface area contributed by atoms with Gasteiger partial charge in [0.15, 0.2) is 5.03 Å². The average molecular weight is 459 g/mol. The van der Waals surface area contributed by atoms with Gasteiger partial charge < -0.3 is 0 Å². The van der Waals surface area contributed by atoms with Crippen LogP contribution in [0.2, 0.25) is 5.15 Å². The lowest BCUT2D eigenvalue weighted by Gasteiger charge is -2.24. The smallest absolute Gasteiger partial charge is 0.203 e. The lowest BCUT2D eigenvalue weighted by Crippen LogP contribution is -2.30. The van der Waals surface area contributed by atoms with Gasteiger partial charge in [-0.15, -0.1) is 0 Å². The molecule has 0 unspecified atom stereocenters. The molecule has 1 aliphatic rings. The predicted molar refractivity (Wildman–Crippen MR) is 125 cm³/mol. The van der Waals surface area contributed by atoms with E-state index in [-0.39, 0.29) is 0 Å². The van der Waals surface area contributed by atoms with Crippen molar-refractivity contribution in [3.63, 3.8) is 0 Å². The molecule has 0 N–H and O–H groups in total. The zero-order valence-electron chi connectivity index (χ0n) is 17.3. The molecule has 0 atom stereocenters. The average Bonchev–Trinajstić information content (AvgIpc) is 2.67. The van der Waals surface area contributed by atoms with Gasteiger partial charge in [-0.05, 0) is 36.3 Å². The molecule has 6 nitrogen and oxygen atoms in total. The molecular weight excluding hydrogens is 428 g/mol. The minimum absolute atomic E-state index is 0.496. The Morgan fingerprint density at radius 2 is 2.10 bits per heavy atom. The molecule has 1 heterocycles. The fraction of sp³-hybridized carbons (Fsp3) is 0.700. The SMILES string of the molecule is CC(C)CN(CCS/C(=N/[N+](=O)[O-])SCC1CCCCC1)Cc1ccc(Cl)nc1. The van der Waals surface area contributed by atoms with E-state index < -0.39 is 5.03 Å². The molecule has 0 aliphatic heterocycles. The largest absolute Gasteiger partial charge is 0.298 e. The highest BCUT2D eigenvalue weighted by Crippen LogP contribution is 2.29. The van der Waals surface area contributed by atoms with Crippen molar-refractivity contribution in [2.45, 2.75) is 52.5 Å². The molecule has 1 fully saturated rings. The zero-order chi connectivity index (χ0) is 21.1. The van der Waals surface area contributed by atoms with Crippen molar-refractivity contribution in [1.82, 2.24) is 9.88 Å². The summed E-state index contributed by atoms with van der Waals surface area (Å²) in [5.74, 6) is 2.91. The van der Waals surface area contributed by atoms with Gasteiger partial charge in [-0.1, -0.05) is 74.3 Å². The van der Waals surface area contributed by atoms with Gasteiger partial charge in [-0.25, -0.2) is 15.1 Å². The van der Waals surface area contributed by atoms with E-state index in [1.807, 2.05) is 18.3 Å². The molecule has 0 bridgehead atoms. The van der Waals surface area contributed by atoms with Crippen LogP contribution < -0.4 is 0 Å². The molecule has 0 saturated heterocycles. The molecule has 0 aromatic carbocycles. The van der Waals surface area contributed by atoms with Crippen molar-refractivity contribution in [1.29, 1.82) is 0 Å². The Labute approximate surface area is 187 Å². The van der Waals surface area contributed by atoms with Gasteiger partial charge in [-0.2, -0.15) is 0 Å². The topological polar surface area (TPSA) is 71.6 Å². The fourth-order valence-electron chi connectivity index (χ4n) is 3.48. The first-order chi connectivity index (χ1) is 13.9. The standard InChI is InChI=1S/C20H31ClN4O2S2/c1-16(2)13-24(14-18-8-9-19(21)22-12-18)10-11-28-20(23-25(26)27)29-15-17-6-4-3-5-7-17/h8-9,12,16-17H,3-7,10-11,13-15H2,1-2H3/b23-20-. The zero-order valence-corrected chi connectivity index (χ0v) is 19.6. The third kappa shape index (κ3) is 10.7. The summed E-state index contributed by atoms with van der Waals surface area (Å²) in [5.41, 5.74) is 1.12. The molecule has 162 valence electrons. The van der Waals surface area contributed by atoms with Gasteiger partial charge in [0, 0.05) is 37.3 Å². The minimum Gasteiger partial charge on any atom is -0.298 e. The van der Waals surface area contributed by atoms with Crippen LogP contribution in [0.15, 0.2) is 23.4 Å². The van der Waals surface area contributed by atoms with E-state index in [9.17, 15) is 10.1 Å². The van der Waals surface area contributed by atoms with Crippen molar-refractivity contribution >= 4 is 39.5 Å². The van der Waals surface area contributed by atoms with Crippen molar-refractivity contribution in [2.24, 2.45) is 16.9 Å². The number of hydrogen-bond donors (Lipinski definition) is 0. The first kappa shape index (κ1) is 24.4. The molecule has 1 aromatic rings. The summed E-state index contributed by atoms with van der Waals surface area (Å²) in [6.45, 7) is 6.98. The number of hydrazone groups is 1. The minimum atomic E-state index is -0.568. The summed E-state index contributed by atoms with van der Waals surface area (Å²) in [5, 5.41) is 14.5. The Morgan fingerprint density at radius 1 is 1.34 bits per heavy atom. The van der Waals surface area contributed by atoms with E-state index in [4.69, 9.17) is 11.6 Å². The summed E-state index contributed by atoms with van der Waals surface area (Å²) in [4.78, 5) is 17.5. The normalized spacial score (nSPS) is 16.0. The monoisotopic (exact) mass is 458 g/mol. The van der Waals surface area contributed by atoms with Crippen LogP contribution in [0.4, 0.5) is 0 Å². The molecule has 1 aliphatic carbocycles. The van der Waals surface area contributed by atoms with Crippen molar-refractivity contribution < 1.29 is 5.03 Å². The van der Waals surface area contributed by atoms with Crippen LogP contribution in [-0.4, -0.2) is 43.9 Å². The molecule has 0 radical (unpaired) electrons. The number of thioether (sulfide) groups is 2. The van der Waals surface area contributed by atoms with Crippen LogP contribution in [0, 0.1) is 22.0 Å². The Balaban J connectivity index is 1.85. The van der Waals surface area contributed by atoms with E-state index >= 15 is 0 Å². The van der Waals surface area contributed by atoms with Crippen LogP contribution >= 0.6 is 35.1 Å². The molecule has 1 aromatic heterocycles. The maximum Gasteiger partial charge on any atom is 0.203 e. The van der Waals surface area contributed by atoms with Gasteiger partial charge in [-0.3, -0.25) is 4.90 Å². The highest BCUT2D eigenvalue weighted by molar-refractivity contribution is 8.38. The molecule has 2 rings (SSSR count). The first-order valence-electron chi connectivity index (χ1n) is 10.2. The van der Waals surface area contributed by atoms with E-state index in [0.29, 0.717) is 21.4 Å². The molecule has 0 amide bonds. The number of halogens is 1. The number of hydrogen-bond acceptors (Lipinski definition) is 6. The van der Waals surface area contributed by atoms with Crippen LogP contribution in [0.25, 0.3) is 0 Å². The van der Waals surface area contributed by atoms with Crippen LogP contribution in [0.5, 0.6) is 0 Å². The Hall–Kier alpha value is -0.830. The number of nitro groups is 1. The van der Waals surface area contributed by atoms with Gasteiger partial charge >= 0.3 is 0 Å². The Bertz CT molecular complexity index is 652. The predicted octanol–water partition coefficient (Wildman–Crippen LogP) is 5.79. The lowest BCUT2D eigenvalue weighted by molar-refractivity contribution is -0.484. The molecular formula is C20H31ClN4O2S2. The Kier molecular flexibility index (Phi) is 11.4. The van der Waals surface area contributed by atoms with Crippen LogP contribution in [-0.2, 0) is 6.54 Å². The number of rotatable bonds is 10. The van der Waals surface area contributed by atoms with Crippen molar-refractivity contribution in [2.75, 3.05) is 24.6 Å². The molecule has 29 heavy (non-hydrogen) atoms. The number of nitrogens with zero attached hydrogens (tertiary/aromatic N) is 4. The molecule has 0 spiro atoms. The maximum absolute atomic E-state index is 10.9. The molecule has 9 heteroatoms. The van der Waals surface area contributed by atoms with E-state index in [1.54, 1.807) is 11.8 Å². The quantitative estimate of drug-likeness (QED) is 0.145. The fourth-order valence-corrected chi connectivity index (χ4v) is 5.86. The summed E-state index contributed by atoms with van der Waals surface area (Å²) < 4.78 is 0.582. The highest BCUT2D eigenvalue weighted by Gasteiger charge is 2.17. The second-order valence-electron chi connectivity index (χ2n) is 7.89. The van der Waals surface area contributed by atoms with Crippen molar-refractivity contribution in [3.8, 4) is 0 Å². The highest BCUT2D eigenvalue weighted by atomic mass is 35.5. The second-order valence-corrected chi connectivity index (χ2v) is 10.6. The van der Waals surface area contributed by atoms with E-state index in [2.05, 4.69) is 28.8 Å². The Morgan fingerprint density at radius 3 is 2.72 bits per heavy atom. The lowest BCUT2D eigenvalue weighted by atomic mass is 9.91. The molecule has 1 saturated carbocycles. The van der Waals surface area contributed by atoms with Crippen LogP contribution in [0.1, 0.15) is 51.5 Å². The number of aromatic nitrogens is 1. The van der Waals surface area contributed by atoms with Gasteiger partial charge in [0.05, 0.1) is 5.10 Å². The van der Waals surface area contributed by atoms with Crippen LogP contribution in [0.3, 0.4) is 0 Å². The first-order valence-corrected chi connectivity index (χ1v) is 12.6. The second kappa shape index (κ2) is 13.5. The van der Waals surface area contributed by atoms with Gasteiger partial charge in [0.1, 0.15) is 5.15 Å². The van der Waals surface area contributed by atoms with E-state index in [0.717, 1.165) is 36.7 Å². The van der Waals surface area contributed by atoms with Gasteiger partial charge in [0.2, 0.25) is 4.38 Å². The summed E-state index contributed by atoms with van der Waals surface area (Å²) in [6.07, 6.45) is 8.16. The van der Waals surface area contributed by atoms with Crippen molar-refractivity contribution in [3.05, 3.63) is 39.2 Å². The third-order valence-electron chi connectivity index (χ3n) is 4.78. The summed E-state index contributed by atoms with van der Waals surface area (Å²) >= 11 is 8.94. The third-order valence-corrected chi connectivity index (χ3v) is 7.39. The maximum atomic E-state index is 10.9.